The van der Waals surface area contributed by atoms with E-state index in [4.69, 9.17) is 4.74 Å². The molecule has 8 rings (SSSR count). The number of fused-ring (bicyclic) bond motifs is 2. The first-order chi connectivity index (χ1) is 22.9. The van der Waals surface area contributed by atoms with E-state index in [2.05, 4.69) is 40.0 Å². The lowest BCUT2D eigenvalue weighted by Gasteiger charge is -2.48. The maximum Gasteiger partial charge on any atom is 0.257 e. The largest absolute Gasteiger partial charge is 0.382 e. The Morgan fingerprint density at radius 1 is 0.936 bits per heavy atom. The molecule has 47 heavy (non-hydrogen) atoms. The molecule has 2 aliphatic heterocycles. The summed E-state index contributed by atoms with van der Waals surface area (Å²) < 4.78 is 22.8. The Morgan fingerprint density at radius 2 is 1.72 bits per heavy atom. The van der Waals surface area contributed by atoms with Crippen LogP contribution in [-0.2, 0) is 9.53 Å². The van der Waals surface area contributed by atoms with E-state index < -0.39 is 17.8 Å². The van der Waals surface area contributed by atoms with Crippen LogP contribution >= 0.6 is 0 Å². The van der Waals surface area contributed by atoms with Gasteiger partial charge in [0.1, 0.15) is 5.82 Å². The van der Waals surface area contributed by atoms with Gasteiger partial charge in [0.25, 0.3) is 5.91 Å². The number of rotatable bonds is 7. The van der Waals surface area contributed by atoms with Crippen molar-refractivity contribution in [2.75, 3.05) is 23.8 Å². The Kier molecular flexibility index (Phi) is 7.95. The molecule has 3 aromatic carbocycles. The summed E-state index contributed by atoms with van der Waals surface area (Å²) in [5.41, 5.74) is 4.28. The summed E-state index contributed by atoms with van der Waals surface area (Å²) in [6, 6.07) is 19.0. The van der Waals surface area contributed by atoms with Gasteiger partial charge in [0.15, 0.2) is 0 Å². The molecule has 2 saturated heterocycles. The third-order valence-corrected chi connectivity index (χ3v) is 11.0. The van der Waals surface area contributed by atoms with E-state index in [1.165, 1.54) is 31.7 Å². The highest BCUT2D eigenvalue weighted by Crippen LogP contribution is 2.49. The smallest absolute Gasteiger partial charge is 0.257 e. The van der Waals surface area contributed by atoms with Crippen LogP contribution in [0.4, 0.5) is 15.8 Å². The minimum absolute atomic E-state index is 0.0535. The van der Waals surface area contributed by atoms with Gasteiger partial charge in [0.2, 0.25) is 5.91 Å². The average molecular weight is 636 g/mol. The number of hydrogen-bond donors (Lipinski definition) is 2. The van der Waals surface area contributed by atoms with Gasteiger partial charge in [-0.05, 0) is 92.5 Å². The average Bonchev–Trinajstić information content (AvgIpc) is 3.82. The first-order valence-corrected chi connectivity index (χ1v) is 17.2. The van der Waals surface area contributed by atoms with E-state index in [0.717, 1.165) is 41.4 Å². The predicted molar refractivity (Wildman–Crippen MR) is 180 cm³/mol. The van der Waals surface area contributed by atoms with Gasteiger partial charge in [-0.25, -0.2) is 4.39 Å². The Balaban J connectivity index is 1.16. The molecule has 4 aromatic rings. The number of ether oxygens (including phenoxy) is 1. The van der Waals surface area contributed by atoms with Crippen LogP contribution in [0.25, 0.3) is 10.9 Å². The van der Waals surface area contributed by atoms with Crippen LogP contribution in [0.5, 0.6) is 0 Å². The molecule has 2 amide bonds. The van der Waals surface area contributed by atoms with Crippen LogP contribution in [0.3, 0.4) is 0 Å². The Hall–Kier alpha value is -4.24. The van der Waals surface area contributed by atoms with Crippen molar-refractivity contribution < 1.29 is 18.7 Å². The fourth-order valence-corrected chi connectivity index (χ4v) is 8.55. The lowest BCUT2D eigenvalue weighted by atomic mass is 9.76. The monoisotopic (exact) mass is 635 g/mol. The zero-order valence-electron chi connectivity index (χ0n) is 26.8. The van der Waals surface area contributed by atoms with Crippen molar-refractivity contribution in [3.63, 3.8) is 0 Å². The van der Waals surface area contributed by atoms with Gasteiger partial charge in [-0.2, -0.15) is 5.10 Å². The second-order valence-electron chi connectivity index (χ2n) is 14.0. The molecule has 3 heterocycles. The third-order valence-electron chi connectivity index (χ3n) is 11.0. The molecule has 4 aliphatic rings. The van der Waals surface area contributed by atoms with Crippen LogP contribution in [0.1, 0.15) is 84.9 Å². The summed E-state index contributed by atoms with van der Waals surface area (Å²) in [5.74, 6) is -1.33. The summed E-state index contributed by atoms with van der Waals surface area (Å²) >= 11 is 0. The summed E-state index contributed by atoms with van der Waals surface area (Å²) in [5, 5.41) is 12.5. The number of nitrogens with one attached hydrogen (secondary N) is 2. The maximum atomic E-state index is 15.4. The molecule has 2 saturated carbocycles. The molecule has 8 nitrogen and oxygen atoms in total. The first kappa shape index (κ1) is 30.1. The number of halogens is 1. The van der Waals surface area contributed by atoms with E-state index in [1.54, 1.807) is 19.1 Å². The van der Waals surface area contributed by atoms with Gasteiger partial charge in [0, 0.05) is 28.8 Å². The molecule has 1 aromatic heterocycles. The van der Waals surface area contributed by atoms with Crippen LogP contribution in [-0.4, -0.2) is 51.8 Å². The lowest BCUT2D eigenvalue weighted by Crippen LogP contribution is -2.54. The standard InChI is InChI=1S/C38H42FN5O3/c1-23-6-4-10-32(39)35(23)38(46)43-33-11-5-7-25(33)18-31(36(43)24-12-15-28(16-13-24)41-27-8-2-3-9-27)37(45)42-29-17-14-26-20-40-44(34(26)19-29)30-21-47-22-30/h4,6,10,12-17,19-20,25,27,30-31,33,36,41H,2-3,5,7-9,11,18,21-22H2,1H3,(H,42,45). The number of anilines is 2. The summed E-state index contributed by atoms with van der Waals surface area (Å²) in [7, 11) is 0. The van der Waals surface area contributed by atoms with Crippen LogP contribution in [0.15, 0.2) is 66.9 Å². The fraction of sp³-hybridized carbons (Fsp3) is 0.447. The van der Waals surface area contributed by atoms with Gasteiger partial charge in [-0.3, -0.25) is 14.3 Å². The number of carbonyl (C=O) groups is 2. The number of nitrogens with zero attached hydrogens (tertiary/aromatic N) is 3. The molecule has 0 spiro atoms. The number of carbonyl (C=O) groups excluding carboxylic acids is 2. The van der Waals surface area contributed by atoms with Crippen LogP contribution in [0.2, 0.25) is 0 Å². The van der Waals surface area contributed by atoms with E-state index in [-0.39, 0.29) is 35.4 Å². The van der Waals surface area contributed by atoms with Crippen molar-refractivity contribution in [3.05, 3.63) is 89.4 Å². The van der Waals surface area contributed by atoms with E-state index >= 15 is 4.39 Å². The number of aromatic nitrogens is 2. The molecule has 9 heteroatoms. The molecule has 0 bridgehead atoms. The summed E-state index contributed by atoms with van der Waals surface area (Å²) in [6.07, 6.45) is 10.1. The highest BCUT2D eigenvalue weighted by molar-refractivity contribution is 5.99. The predicted octanol–water partition coefficient (Wildman–Crippen LogP) is 7.42. The maximum absolute atomic E-state index is 15.4. The molecule has 4 atom stereocenters. The van der Waals surface area contributed by atoms with E-state index in [1.807, 2.05) is 34.0 Å². The zero-order chi connectivity index (χ0) is 32.1. The van der Waals surface area contributed by atoms with Crippen molar-refractivity contribution in [1.82, 2.24) is 14.7 Å². The minimum atomic E-state index is -0.539. The number of benzene rings is 3. The van der Waals surface area contributed by atoms with Crippen molar-refractivity contribution >= 4 is 34.1 Å². The van der Waals surface area contributed by atoms with Crippen molar-refractivity contribution in [2.45, 2.75) is 82.5 Å². The van der Waals surface area contributed by atoms with Crippen molar-refractivity contribution in [1.29, 1.82) is 0 Å². The first-order valence-electron chi connectivity index (χ1n) is 17.2. The SMILES string of the molecule is Cc1cccc(F)c1C(=O)N1C2CCCC2CC(C(=O)Nc2ccc3cnn(C4COC4)c3c2)C1c1ccc(NC2CCCC2)cc1. The summed E-state index contributed by atoms with van der Waals surface area (Å²) in [6.45, 7) is 3.03. The molecule has 0 radical (unpaired) electrons. The zero-order valence-corrected chi connectivity index (χ0v) is 26.8. The molecular formula is C38H42FN5O3. The summed E-state index contributed by atoms with van der Waals surface area (Å²) in [4.78, 5) is 30.9. The van der Waals surface area contributed by atoms with Crippen molar-refractivity contribution in [3.8, 4) is 0 Å². The number of piperidine rings is 1. The Bertz CT molecular complexity index is 1770. The van der Waals surface area contributed by atoms with Gasteiger partial charge in [-0.1, -0.05) is 43.5 Å². The highest BCUT2D eigenvalue weighted by Gasteiger charge is 2.50. The van der Waals surface area contributed by atoms with E-state index in [9.17, 15) is 9.59 Å². The van der Waals surface area contributed by atoms with Crippen LogP contribution in [0, 0.1) is 24.6 Å². The van der Waals surface area contributed by atoms with Gasteiger partial charge < -0.3 is 20.3 Å². The normalized spacial score (nSPS) is 24.7. The molecule has 2 aliphatic carbocycles. The molecule has 4 unspecified atom stereocenters. The second kappa shape index (κ2) is 12.4. The fourth-order valence-electron chi connectivity index (χ4n) is 8.55. The Labute approximate surface area is 274 Å². The molecule has 4 fully saturated rings. The van der Waals surface area contributed by atoms with Gasteiger partial charge >= 0.3 is 0 Å². The topological polar surface area (TPSA) is 88.5 Å². The van der Waals surface area contributed by atoms with Crippen molar-refractivity contribution in [2.24, 2.45) is 11.8 Å². The van der Waals surface area contributed by atoms with E-state index in [0.29, 0.717) is 36.9 Å². The number of amides is 2. The number of aryl methyl sites for hydroxylation is 1. The van der Waals surface area contributed by atoms with Crippen LogP contribution < -0.4 is 10.6 Å². The lowest BCUT2D eigenvalue weighted by molar-refractivity contribution is -0.125. The Morgan fingerprint density at radius 3 is 2.47 bits per heavy atom. The van der Waals surface area contributed by atoms with Gasteiger partial charge in [-0.15, -0.1) is 0 Å². The quantitative estimate of drug-likeness (QED) is 0.221. The third kappa shape index (κ3) is 5.58. The highest BCUT2D eigenvalue weighted by atomic mass is 19.1. The second-order valence-corrected chi connectivity index (χ2v) is 14.0. The molecular weight excluding hydrogens is 593 g/mol. The molecule has 2 N–H and O–H groups in total. The number of likely N-dealkylation sites (tertiary alicyclic amines) is 1. The van der Waals surface area contributed by atoms with Gasteiger partial charge in [0.05, 0.1) is 48.5 Å². The number of hydrogen-bond acceptors (Lipinski definition) is 5. The minimum Gasteiger partial charge on any atom is -0.382 e. The molecule has 244 valence electrons.